The third kappa shape index (κ3) is 3.27. The molecule has 2 aliphatic rings. The van der Waals surface area contributed by atoms with Crippen LogP contribution in [0.3, 0.4) is 0 Å². The van der Waals surface area contributed by atoms with Crippen molar-refractivity contribution in [2.24, 2.45) is 5.92 Å². The van der Waals surface area contributed by atoms with Crippen LogP contribution in [0.5, 0.6) is 0 Å². The topological polar surface area (TPSA) is 50.4 Å². The SMILES string of the molecule is O=C(CNC1CC1)NCC1CCOC1. The summed E-state index contributed by atoms with van der Waals surface area (Å²) in [7, 11) is 0. The Labute approximate surface area is 84.4 Å². The molecule has 2 fully saturated rings. The molecule has 4 nitrogen and oxygen atoms in total. The van der Waals surface area contributed by atoms with Crippen LogP contribution in [-0.2, 0) is 9.53 Å². The zero-order chi connectivity index (χ0) is 9.80. The van der Waals surface area contributed by atoms with Crippen molar-refractivity contribution in [1.29, 1.82) is 0 Å². The van der Waals surface area contributed by atoms with Crippen molar-refractivity contribution in [3.63, 3.8) is 0 Å². The van der Waals surface area contributed by atoms with E-state index in [2.05, 4.69) is 10.6 Å². The first-order valence-electron chi connectivity index (χ1n) is 5.42. The Bertz CT molecular complexity index is 198. The minimum Gasteiger partial charge on any atom is -0.381 e. The van der Waals surface area contributed by atoms with Crippen LogP contribution in [0.25, 0.3) is 0 Å². The van der Waals surface area contributed by atoms with Gasteiger partial charge >= 0.3 is 0 Å². The highest BCUT2D eigenvalue weighted by molar-refractivity contribution is 5.78. The molecule has 1 atom stereocenters. The maximum atomic E-state index is 11.3. The molecule has 0 bridgehead atoms. The molecule has 1 unspecified atom stereocenters. The van der Waals surface area contributed by atoms with E-state index in [9.17, 15) is 4.79 Å². The van der Waals surface area contributed by atoms with E-state index in [0.29, 0.717) is 18.5 Å². The molecule has 1 saturated heterocycles. The van der Waals surface area contributed by atoms with E-state index in [0.717, 1.165) is 26.2 Å². The van der Waals surface area contributed by atoms with Gasteiger partial charge in [0.15, 0.2) is 0 Å². The minimum atomic E-state index is 0.115. The van der Waals surface area contributed by atoms with Gasteiger partial charge in [-0.3, -0.25) is 4.79 Å². The molecule has 0 spiro atoms. The van der Waals surface area contributed by atoms with Gasteiger partial charge < -0.3 is 15.4 Å². The Morgan fingerprint density at radius 3 is 2.86 bits per heavy atom. The number of hydrogen-bond acceptors (Lipinski definition) is 3. The van der Waals surface area contributed by atoms with Crippen LogP contribution in [0.1, 0.15) is 19.3 Å². The lowest BCUT2D eigenvalue weighted by atomic mass is 10.1. The minimum absolute atomic E-state index is 0.115. The molecule has 2 N–H and O–H groups in total. The van der Waals surface area contributed by atoms with Crippen LogP contribution in [0.15, 0.2) is 0 Å². The molecule has 0 aromatic carbocycles. The Kier molecular flexibility index (Phi) is 3.37. The zero-order valence-corrected chi connectivity index (χ0v) is 8.42. The van der Waals surface area contributed by atoms with Crippen molar-refractivity contribution >= 4 is 5.91 Å². The first-order chi connectivity index (χ1) is 6.84. The van der Waals surface area contributed by atoms with E-state index in [1.54, 1.807) is 0 Å². The summed E-state index contributed by atoms with van der Waals surface area (Å²) in [4.78, 5) is 11.3. The number of rotatable bonds is 5. The number of amides is 1. The maximum Gasteiger partial charge on any atom is 0.233 e. The monoisotopic (exact) mass is 198 g/mol. The quantitative estimate of drug-likeness (QED) is 0.648. The van der Waals surface area contributed by atoms with Crippen molar-refractivity contribution in [3.05, 3.63) is 0 Å². The molecule has 2 rings (SSSR count). The Balaban J connectivity index is 1.52. The average molecular weight is 198 g/mol. The largest absolute Gasteiger partial charge is 0.381 e. The van der Waals surface area contributed by atoms with Crippen molar-refractivity contribution in [1.82, 2.24) is 10.6 Å². The van der Waals surface area contributed by atoms with E-state index < -0.39 is 0 Å². The fourth-order valence-corrected chi connectivity index (χ4v) is 1.59. The van der Waals surface area contributed by atoms with Crippen molar-refractivity contribution in [2.75, 3.05) is 26.3 Å². The number of carbonyl (C=O) groups is 1. The van der Waals surface area contributed by atoms with E-state index in [1.165, 1.54) is 12.8 Å². The summed E-state index contributed by atoms with van der Waals surface area (Å²) < 4.78 is 5.23. The highest BCUT2D eigenvalue weighted by atomic mass is 16.5. The number of carbonyl (C=O) groups excluding carboxylic acids is 1. The Morgan fingerprint density at radius 2 is 2.21 bits per heavy atom. The summed E-state index contributed by atoms with van der Waals surface area (Å²) in [5.74, 6) is 0.642. The summed E-state index contributed by atoms with van der Waals surface area (Å²) >= 11 is 0. The first-order valence-corrected chi connectivity index (χ1v) is 5.42. The molecule has 1 saturated carbocycles. The third-order valence-electron chi connectivity index (χ3n) is 2.74. The number of nitrogens with one attached hydrogen (secondary N) is 2. The summed E-state index contributed by atoms with van der Waals surface area (Å²) in [5.41, 5.74) is 0. The standard InChI is InChI=1S/C10H18N2O2/c13-10(6-11-9-1-2-9)12-5-8-3-4-14-7-8/h8-9,11H,1-7H2,(H,12,13). The van der Waals surface area contributed by atoms with E-state index in [1.807, 2.05) is 0 Å². The molecule has 0 aromatic rings. The molecule has 0 aromatic heterocycles. The Hall–Kier alpha value is -0.610. The van der Waals surface area contributed by atoms with Crippen LogP contribution in [0.2, 0.25) is 0 Å². The highest BCUT2D eigenvalue weighted by Gasteiger charge is 2.21. The molecule has 1 amide bonds. The molecule has 14 heavy (non-hydrogen) atoms. The second-order valence-electron chi connectivity index (χ2n) is 4.19. The maximum absolute atomic E-state index is 11.3. The van der Waals surface area contributed by atoms with Crippen molar-refractivity contribution < 1.29 is 9.53 Å². The molecular formula is C10H18N2O2. The van der Waals surface area contributed by atoms with Gasteiger partial charge in [-0.05, 0) is 19.3 Å². The average Bonchev–Trinajstić information content (AvgIpc) is 2.87. The fraction of sp³-hybridized carbons (Fsp3) is 0.900. The van der Waals surface area contributed by atoms with E-state index >= 15 is 0 Å². The van der Waals surface area contributed by atoms with Crippen molar-refractivity contribution in [2.45, 2.75) is 25.3 Å². The van der Waals surface area contributed by atoms with Crippen LogP contribution in [0, 0.1) is 5.92 Å². The van der Waals surface area contributed by atoms with Crippen molar-refractivity contribution in [3.8, 4) is 0 Å². The fourth-order valence-electron chi connectivity index (χ4n) is 1.59. The van der Waals surface area contributed by atoms with Gasteiger partial charge in [0.05, 0.1) is 13.2 Å². The van der Waals surface area contributed by atoms with Gasteiger partial charge in [-0.15, -0.1) is 0 Å². The Morgan fingerprint density at radius 1 is 1.36 bits per heavy atom. The van der Waals surface area contributed by atoms with Gasteiger partial charge in [0, 0.05) is 25.1 Å². The summed E-state index contributed by atoms with van der Waals surface area (Å²) in [6.07, 6.45) is 3.53. The third-order valence-corrected chi connectivity index (χ3v) is 2.74. The molecular weight excluding hydrogens is 180 g/mol. The predicted octanol–water partition coefficient (Wildman–Crippen LogP) is -0.109. The molecule has 1 heterocycles. The van der Waals surface area contributed by atoms with Gasteiger partial charge in [0.1, 0.15) is 0 Å². The predicted molar refractivity (Wildman–Crippen MR) is 53.0 cm³/mol. The zero-order valence-electron chi connectivity index (χ0n) is 8.42. The number of hydrogen-bond donors (Lipinski definition) is 2. The molecule has 0 radical (unpaired) electrons. The van der Waals surface area contributed by atoms with E-state index in [-0.39, 0.29) is 5.91 Å². The lowest BCUT2D eigenvalue weighted by Gasteiger charge is -2.09. The van der Waals surface area contributed by atoms with Gasteiger partial charge in [-0.1, -0.05) is 0 Å². The highest BCUT2D eigenvalue weighted by Crippen LogP contribution is 2.17. The lowest BCUT2D eigenvalue weighted by molar-refractivity contribution is -0.120. The first kappa shape index (κ1) is 9.93. The molecule has 1 aliphatic heterocycles. The van der Waals surface area contributed by atoms with Crippen LogP contribution >= 0.6 is 0 Å². The second kappa shape index (κ2) is 4.75. The van der Waals surface area contributed by atoms with Gasteiger partial charge in [-0.25, -0.2) is 0 Å². The molecule has 4 heteroatoms. The summed E-state index contributed by atoms with van der Waals surface area (Å²) in [6, 6.07) is 0.607. The summed E-state index contributed by atoms with van der Waals surface area (Å²) in [5, 5.41) is 6.11. The van der Waals surface area contributed by atoms with E-state index in [4.69, 9.17) is 4.74 Å². The molecule has 80 valence electrons. The lowest BCUT2D eigenvalue weighted by Crippen LogP contribution is -2.37. The second-order valence-corrected chi connectivity index (χ2v) is 4.19. The van der Waals surface area contributed by atoms with Gasteiger partial charge in [-0.2, -0.15) is 0 Å². The number of ether oxygens (including phenoxy) is 1. The normalized spacial score (nSPS) is 26.4. The summed E-state index contributed by atoms with van der Waals surface area (Å²) in [6.45, 7) is 2.89. The van der Waals surface area contributed by atoms with Crippen LogP contribution < -0.4 is 10.6 Å². The van der Waals surface area contributed by atoms with Crippen LogP contribution in [-0.4, -0.2) is 38.3 Å². The van der Waals surface area contributed by atoms with Gasteiger partial charge in [0.25, 0.3) is 0 Å². The van der Waals surface area contributed by atoms with Gasteiger partial charge in [0.2, 0.25) is 5.91 Å². The van der Waals surface area contributed by atoms with Crippen LogP contribution in [0.4, 0.5) is 0 Å². The smallest absolute Gasteiger partial charge is 0.233 e. The molecule has 1 aliphatic carbocycles.